The Labute approximate surface area is 153 Å². The SMILES string of the molecule is CN1C(=O)C(C2=NNC(c3coc4ccccc4c3=O)C2)C(=O)N(C)C1=O. The van der Waals surface area contributed by atoms with Gasteiger partial charge in [0.05, 0.1) is 22.7 Å². The van der Waals surface area contributed by atoms with E-state index in [4.69, 9.17) is 4.42 Å². The van der Waals surface area contributed by atoms with Crippen molar-refractivity contribution in [2.24, 2.45) is 11.0 Å². The molecule has 0 aliphatic carbocycles. The number of fused-ring (bicyclic) bond motifs is 1. The zero-order valence-corrected chi connectivity index (χ0v) is 14.6. The Morgan fingerprint density at radius 3 is 2.44 bits per heavy atom. The van der Waals surface area contributed by atoms with Gasteiger partial charge in [-0.15, -0.1) is 0 Å². The minimum atomic E-state index is -1.18. The number of imide groups is 2. The lowest BCUT2D eigenvalue weighted by Crippen LogP contribution is -2.58. The molecule has 138 valence electrons. The molecule has 1 aromatic carbocycles. The van der Waals surface area contributed by atoms with E-state index in [1.807, 2.05) is 0 Å². The Balaban J connectivity index is 1.63. The van der Waals surface area contributed by atoms with Crippen LogP contribution in [0, 0.1) is 5.92 Å². The highest BCUT2D eigenvalue weighted by molar-refractivity contribution is 6.27. The monoisotopic (exact) mass is 368 g/mol. The molecule has 4 amide bonds. The van der Waals surface area contributed by atoms with Crippen molar-refractivity contribution in [2.75, 3.05) is 14.1 Å². The number of hydrogen-bond donors (Lipinski definition) is 1. The van der Waals surface area contributed by atoms with E-state index in [2.05, 4.69) is 10.5 Å². The molecule has 3 heterocycles. The third-order valence-corrected chi connectivity index (χ3v) is 4.92. The van der Waals surface area contributed by atoms with Gasteiger partial charge in [0, 0.05) is 20.5 Å². The average Bonchev–Trinajstić information content (AvgIpc) is 3.15. The standard InChI is InChI=1S/C18H16N4O5/c1-21-16(24)14(17(25)22(2)18(21)26)12-7-11(19-20-12)10-8-27-13-6-4-3-5-9(13)15(10)23/h3-6,8,11,14,19H,7H2,1-2H3. The van der Waals surface area contributed by atoms with Gasteiger partial charge < -0.3 is 9.84 Å². The Bertz CT molecular complexity index is 1050. The Kier molecular flexibility index (Phi) is 3.79. The third kappa shape index (κ3) is 2.50. The largest absolute Gasteiger partial charge is 0.464 e. The van der Waals surface area contributed by atoms with E-state index in [9.17, 15) is 19.2 Å². The van der Waals surface area contributed by atoms with Crippen molar-refractivity contribution in [1.82, 2.24) is 15.2 Å². The molecular weight excluding hydrogens is 352 g/mol. The van der Waals surface area contributed by atoms with E-state index < -0.39 is 29.8 Å². The van der Waals surface area contributed by atoms with Crippen LogP contribution >= 0.6 is 0 Å². The van der Waals surface area contributed by atoms with E-state index in [0.717, 1.165) is 9.80 Å². The first-order chi connectivity index (χ1) is 12.9. The normalized spacial score (nSPS) is 21.0. The van der Waals surface area contributed by atoms with E-state index in [1.54, 1.807) is 24.3 Å². The molecule has 1 aromatic heterocycles. The van der Waals surface area contributed by atoms with E-state index in [0.29, 0.717) is 16.5 Å². The summed E-state index contributed by atoms with van der Waals surface area (Å²) in [5.74, 6) is -2.44. The number of carbonyl (C=O) groups excluding carboxylic acids is 3. The van der Waals surface area contributed by atoms with Crippen molar-refractivity contribution in [3.05, 3.63) is 46.3 Å². The molecule has 0 bridgehead atoms. The summed E-state index contributed by atoms with van der Waals surface area (Å²) in [5, 5.41) is 4.56. The van der Waals surface area contributed by atoms with Crippen LogP contribution in [-0.2, 0) is 9.59 Å². The van der Waals surface area contributed by atoms with Crippen LogP contribution in [-0.4, -0.2) is 47.5 Å². The van der Waals surface area contributed by atoms with Gasteiger partial charge in [-0.2, -0.15) is 5.10 Å². The quantitative estimate of drug-likeness (QED) is 0.787. The molecule has 0 spiro atoms. The molecular formula is C18H16N4O5. The molecule has 1 atom stereocenters. The van der Waals surface area contributed by atoms with Crippen LogP contribution in [0.5, 0.6) is 0 Å². The molecule has 0 saturated carbocycles. The van der Waals surface area contributed by atoms with Gasteiger partial charge >= 0.3 is 6.03 Å². The van der Waals surface area contributed by atoms with Crippen LogP contribution in [0.25, 0.3) is 11.0 Å². The maximum atomic E-state index is 12.7. The maximum Gasteiger partial charge on any atom is 0.332 e. The van der Waals surface area contributed by atoms with Crippen molar-refractivity contribution in [1.29, 1.82) is 0 Å². The van der Waals surface area contributed by atoms with Gasteiger partial charge in [-0.05, 0) is 12.1 Å². The highest BCUT2D eigenvalue weighted by atomic mass is 16.3. The first-order valence-corrected chi connectivity index (χ1v) is 8.31. The molecule has 1 N–H and O–H groups in total. The first-order valence-electron chi connectivity index (χ1n) is 8.31. The molecule has 1 fully saturated rings. The van der Waals surface area contributed by atoms with Gasteiger partial charge in [-0.1, -0.05) is 12.1 Å². The van der Waals surface area contributed by atoms with Crippen molar-refractivity contribution in [3.8, 4) is 0 Å². The maximum absolute atomic E-state index is 12.7. The van der Waals surface area contributed by atoms with E-state index in [1.165, 1.54) is 20.4 Å². The summed E-state index contributed by atoms with van der Waals surface area (Å²) in [6.45, 7) is 0. The minimum Gasteiger partial charge on any atom is -0.464 e. The number of hydrazone groups is 1. The predicted octanol–water partition coefficient (Wildman–Crippen LogP) is 0.850. The summed E-state index contributed by atoms with van der Waals surface area (Å²) in [6.07, 6.45) is 1.55. The number of para-hydroxylation sites is 1. The lowest BCUT2D eigenvalue weighted by atomic mass is 9.92. The number of nitrogens with one attached hydrogen (secondary N) is 1. The second-order valence-electron chi connectivity index (χ2n) is 6.52. The third-order valence-electron chi connectivity index (χ3n) is 4.92. The van der Waals surface area contributed by atoms with Gasteiger partial charge in [0.1, 0.15) is 11.8 Å². The number of carbonyl (C=O) groups is 3. The number of amides is 4. The molecule has 9 heteroatoms. The molecule has 2 aliphatic heterocycles. The molecule has 4 rings (SSSR count). The first kappa shape index (κ1) is 17.0. The lowest BCUT2D eigenvalue weighted by molar-refractivity contribution is -0.144. The summed E-state index contributed by atoms with van der Waals surface area (Å²) in [7, 11) is 2.64. The number of benzene rings is 1. The molecule has 2 aromatic rings. The Morgan fingerprint density at radius 2 is 1.74 bits per heavy atom. The van der Waals surface area contributed by atoms with Crippen molar-refractivity contribution < 1.29 is 18.8 Å². The predicted molar refractivity (Wildman–Crippen MR) is 94.8 cm³/mol. The van der Waals surface area contributed by atoms with Gasteiger partial charge in [0.25, 0.3) is 0 Å². The fourth-order valence-electron chi connectivity index (χ4n) is 3.35. The second kappa shape index (κ2) is 6.04. The molecule has 0 radical (unpaired) electrons. The smallest absolute Gasteiger partial charge is 0.332 e. The molecule has 9 nitrogen and oxygen atoms in total. The van der Waals surface area contributed by atoms with Crippen molar-refractivity contribution in [2.45, 2.75) is 12.5 Å². The summed E-state index contributed by atoms with van der Waals surface area (Å²) in [6, 6.07) is 5.69. The van der Waals surface area contributed by atoms with E-state index in [-0.39, 0.29) is 17.6 Å². The number of nitrogens with zero attached hydrogens (tertiary/aromatic N) is 3. The van der Waals surface area contributed by atoms with Crippen LogP contribution < -0.4 is 10.9 Å². The fourth-order valence-corrected chi connectivity index (χ4v) is 3.35. The minimum absolute atomic E-state index is 0.182. The van der Waals surface area contributed by atoms with Crippen LogP contribution in [0.3, 0.4) is 0 Å². The summed E-state index contributed by atoms with van der Waals surface area (Å²) >= 11 is 0. The van der Waals surface area contributed by atoms with Crippen LogP contribution in [0.1, 0.15) is 18.0 Å². The highest BCUT2D eigenvalue weighted by Crippen LogP contribution is 2.27. The average molecular weight is 368 g/mol. The summed E-state index contributed by atoms with van der Waals surface area (Å²) in [5.41, 5.74) is 3.74. The van der Waals surface area contributed by atoms with Crippen LogP contribution in [0.2, 0.25) is 0 Å². The van der Waals surface area contributed by atoms with Gasteiger partial charge in [0.2, 0.25) is 11.8 Å². The summed E-state index contributed by atoms with van der Waals surface area (Å²) < 4.78 is 5.52. The zero-order chi connectivity index (χ0) is 19.3. The lowest BCUT2D eigenvalue weighted by Gasteiger charge is -2.32. The summed E-state index contributed by atoms with van der Waals surface area (Å²) in [4.78, 5) is 51.2. The van der Waals surface area contributed by atoms with Crippen molar-refractivity contribution >= 4 is 34.5 Å². The Hall–Kier alpha value is -3.49. The number of hydrogen-bond acceptors (Lipinski definition) is 7. The van der Waals surface area contributed by atoms with E-state index >= 15 is 0 Å². The molecule has 1 unspecified atom stereocenters. The van der Waals surface area contributed by atoms with Crippen LogP contribution in [0.15, 0.2) is 44.8 Å². The van der Waals surface area contributed by atoms with Crippen LogP contribution in [0.4, 0.5) is 4.79 Å². The molecule has 27 heavy (non-hydrogen) atoms. The topological polar surface area (TPSA) is 112 Å². The van der Waals surface area contributed by atoms with Crippen molar-refractivity contribution in [3.63, 3.8) is 0 Å². The number of urea groups is 1. The zero-order valence-electron chi connectivity index (χ0n) is 14.6. The highest BCUT2D eigenvalue weighted by Gasteiger charge is 2.46. The van der Waals surface area contributed by atoms with Gasteiger partial charge in [-0.25, -0.2) is 4.79 Å². The molecule has 1 saturated heterocycles. The second-order valence-corrected chi connectivity index (χ2v) is 6.52. The number of barbiturate groups is 1. The number of rotatable bonds is 2. The van der Waals surface area contributed by atoms with Gasteiger partial charge in [0.15, 0.2) is 11.3 Å². The fraction of sp³-hybridized carbons (Fsp3) is 0.278. The Morgan fingerprint density at radius 1 is 1.07 bits per heavy atom. The molecule has 2 aliphatic rings. The van der Waals surface area contributed by atoms with Gasteiger partial charge in [-0.3, -0.25) is 24.2 Å².